The average molecular weight is 384 g/mol. The van der Waals surface area contributed by atoms with Crippen LogP contribution in [0.25, 0.3) is 5.57 Å². The monoisotopic (exact) mass is 383 g/mol. The number of hydrogen-bond donors (Lipinski definition) is 0. The van der Waals surface area contributed by atoms with E-state index < -0.39 is 0 Å². The molecule has 2 aliphatic heterocycles. The van der Waals surface area contributed by atoms with E-state index in [1.54, 1.807) is 0 Å². The number of ether oxygens (including phenoxy) is 1. The van der Waals surface area contributed by atoms with Crippen LogP contribution >= 0.6 is 0 Å². The Bertz CT molecular complexity index is 736. The fraction of sp³-hybridized carbons (Fsp3) is 0.640. The summed E-state index contributed by atoms with van der Waals surface area (Å²) in [4.78, 5) is 15.2. The van der Waals surface area contributed by atoms with Gasteiger partial charge in [0.05, 0.1) is 7.11 Å². The molecule has 0 saturated carbocycles. The van der Waals surface area contributed by atoms with Crippen molar-refractivity contribution in [3.8, 4) is 0 Å². The van der Waals surface area contributed by atoms with Crippen molar-refractivity contribution >= 4 is 11.5 Å². The summed E-state index contributed by atoms with van der Waals surface area (Å²) < 4.78 is 5.26. The SMILES string of the molecule is COC(=O)C1C(C(C)(C)C)CC2CC(c3ccccc3)=C(CC(C)(C)C)CN21. The van der Waals surface area contributed by atoms with Crippen LogP contribution in [0.3, 0.4) is 0 Å². The van der Waals surface area contributed by atoms with Crippen molar-refractivity contribution in [1.82, 2.24) is 4.90 Å². The number of methoxy groups -OCH3 is 1. The third kappa shape index (κ3) is 4.35. The van der Waals surface area contributed by atoms with Gasteiger partial charge in [-0.1, -0.05) is 77.4 Å². The minimum absolute atomic E-state index is 0.0688. The van der Waals surface area contributed by atoms with Gasteiger partial charge in [-0.3, -0.25) is 9.69 Å². The molecular formula is C25H37NO2. The Kier molecular flexibility index (Phi) is 5.78. The predicted octanol–water partition coefficient (Wildman–Crippen LogP) is 5.56. The summed E-state index contributed by atoms with van der Waals surface area (Å²) in [6.07, 6.45) is 3.13. The van der Waals surface area contributed by atoms with Crippen LogP contribution in [0.4, 0.5) is 0 Å². The highest BCUT2D eigenvalue weighted by Gasteiger charge is 2.51. The second-order valence-electron chi connectivity index (χ2n) is 10.9. The first-order chi connectivity index (χ1) is 13.0. The molecule has 28 heavy (non-hydrogen) atoms. The van der Waals surface area contributed by atoms with Crippen molar-refractivity contribution in [2.24, 2.45) is 16.7 Å². The second-order valence-corrected chi connectivity index (χ2v) is 10.9. The first-order valence-corrected chi connectivity index (χ1v) is 10.6. The Morgan fingerprint density at radius 1 is 1.11 bits per heavy atom. The molecule has 2 aliphatic rings. The van der Waals surface area contributed by atoms with Crippen molar-refractivity contribution in [3.63, 3.8) is 0 Å². The van der Waals surface area contributed by atoms with Gasteiger partial charge >= 0.3 is 5.97 Å². The number of hydrogen-bond acceptors (Lipinski definition) is 3. The van der Waals surface area contributed by atoms with Crippen molar-refractivity contribution in [3.05, 3.63) is 41.5 Å². The van der Waals surface area contributed by atoms with E-state index >= 15 is 0 Å². The number of nitrogens with zero attached hydrogens (tertiary/aromatic N) is 1. The Hall–Kier alpha value is -1.61. The molecule has 1 saturated heterocycles. The molecule has 0 bridgehead atoms. The molecule has 0 aliphatic carbocycles. The van der Waals surface area contributed by atoms with E-state index in [1.165, 1.54) is 23.8 Å². The molecule has 3 rings (SSSR count). The predicted molar refractivity (Wildman–Crippen MR) is 116 cm³/mol. The van der Waals surface area contributed by atoms with E-state index in [0.717, 1.165) is 25.8 Å². The lowest BCUT2D eigenvalue weighted by atomic mass is 9.75. The molecule has 0 radical (unpaired) electrons. The van der Waals surface area contributed by atoms with Crippen LogP contribution in [0.15, 0.2) is 35.9 Å². The standard InChI is InChI=1S/C25H37NO2/c1-24(2,3)15-18-16-26-19(13-20(18)17-11-9-8-10-12-17)14-21(25(4,5)6)22(26)23(27)28-7/h8-12,19,21-22H,13-16H2,1-7H3. The molecule has 3 nitrogen and oxygen atoms in total. The van der Waals surface area contributed by atoms with E-state index in [2.05, 4.69) is 76.8 Å². The van der Waals surface area contributed by atoms with Crippen LogP contribution in [0.2, 0.25) is 0 Å². The third-order valence-corrected chi connectivity index (χ3v) is 6.39. The van der Waals surface area contributed by atoms with Gasteiger partial charge in [0.1, 0.15) is 6.04 Å². The lowest BCUT2D eigenvalue weighted by Gasteiger charge is -2.39. The highest BCUT2D eigenvalue weighted by atomic mass is 16.5. The number of fused-ring (bicyclic) bond motifs is 1. The summed E-state index contributed by atoms with van der Waals surface area (Å²) in [6.45, 7) is 14.5. The zero-order chi connectivity index (χ0) is 20.7. The van der Waals surface area contributed by atoms with Gasteiger partial charge < -0.3 is 4.74 Å². The molecule has 154 valence electrons. The molecule has 0 amide bonds. The van der Waals surface area contributed by atoms with Gasteiger partial charge in [0, 0.05) is 12.6 Å². The van der Waals surface area contributed by atoms with Crippen LogP contribution < -0.4 is 0 Å². The van der Waals surface area contributed by atoms with Gasteiger partial charge in [-0.05, 0) is 47.1 Å². The Labute approximate surface area is 171 Å². The summed E-state index contributed by atoms with van der Waals surface area (Å²) in [5.41, 5.74) is 4.61. The average Bonchev–Trinajstić information content (AvgIpc) is 2.98. The topological polar surface area (TPSA) is 29.5 Å². The number of rotatable bonds is 3. The van der Waals surface area contributed by atoms with E-state index in [9.17, 15) is 4.79 Å². The van der Waals surface area contributed by atoms with E-state index in [4.69, 9.17) is 4.74 Å². The summed E-state index contributed by atoms with van der Waals surface area (Å²) in [6, 6.07) is 11.1. The number of carbonyl (C=O) groups is 1. The minimum atomic E-state index is -0.137. The maximum Gasteiger partial charge on any atom is 0.323 e. The molecule has 3 unspecified atom stereocenters. The second kappa shape index (κ2) is 7.67. The quantitative estimate of drug-likeness (QED) is 0.640. The molecule has 0 N–H and O–H groups in total. The highest BCUT2D eigenvalue weighted by Crippen LogP contribution is 2.48. The number of esters is 1. The van der Waals surface area contributed by atoms with Gasteiger partial charge in [-0.2, -0.15) is 0 Å². The minimum Gasteiger partial charge on any atom is -0.468 e. The fourth-order valence-corrected chi connectivity index (χ4v) is 5.15. The Balaban J connectivity index is 2.01. The maximum absolute atomic E-state index is 12.8. The fourth-order valence-electron chi connectivity index (χ4n) is 5.15. The van der Waals surface area contributed by atoms with Crippen molar-refractivity contribution in [2.45, 2.75) is 72.9 Å². The lowest BCUT2D eigenvalue weighted by Crippen LogP contribution is -2.48. The molecule has 3 atom stereocenters. The van der Waals surface area contributed by atoms with Crippen LogP contribution in [0, 0.1) is 16.7 Å². The molecule has 1 aromatic carbocycles. The highest BCUT2D eigenvalue weighted by molar-refractivity contribution is 5.78. The van der Waals surface area contributed by atoms with E-state index in [0.29, 0.717) is 12.0 Å². The van der Waals surface area contributed by atoms with Crippen LogP contribution in [0.5, 0.6) is 0 Å². The number of carbonyl (C=O) groups excluding carboxylic acids is 1. The van der Waals surface area contributed by atoms with Crippen molar-refractivity contribution in [2.75, 3.05) is 13.7 Å². The Morgan fingerprint density at radius 2 is 1.75 bits per heavy atom. The molecule has 0 spiro atoms. The first kappa shape index (κ1) is 21.1. The van der Waals surface area contributed by atoms with E-state index in [1.807, 2.05) is 0 Å². The smallest absolute Gasteiger partial charge is 0.323 e. The van der Waals surface area contributed by atoms with Crippen LogP contribution in [0.1, 0.15) is 66.4 Å². The van der Waals surface area contributed by atoms with Gasteiger partial charge in [0.25, 0.3) is 0 Å². The van der Waals surface area contributed by atoms with Crippen LogP contribution in [-0.2, 0) is 9.53 Å². The molecular weight excluding hydrogens is 346 g/mol. The summed E-state index contributed by atoms with van der Waals surface area (Å²) >= 11 is 0. The van der Waals surface area contributed by atoms with Gasteiger partial charge in [-0.25, -0.2) is 0 Å². The van der Waals surface area contributed by atoms with Gasteiger partial charge in [0.15, 0.2) is 0 Å². The summed E-state index contributed by atoms with van der Waals surface area (Å²) in [5.74, 6) is 0.247. The summed E-state index contributed by atoms with van der Waals surface area (Å²) in [5, 5.41) is 0. The largest absolute Gasteiger partial charge is 0.468 e. The first-order valence-electron chi connectivity index (χ1n) is 10.6. The van der Waals surface area contributed by atoms with Crippen molar-refractivity contribution in [1.29, 1.82) is 0 Å². The Morgan fingerprint density at radius 3 is 2.29 bits per heavy atom. The molecule has 1 fully saturated rings. The molecule has 2 heterocycles. The summed E-state index contributed by atoms with van der Waals surface area (Å²) in [7, 11) is 1.53. The molecule has 0 aromatic heterocycles. The lowest BCUT2D eigenvalue weighted by molar-refractivity contribution is -0.148. The van der Waals surface area contributed by atoms with Gasteiger partial charge in [0.2, 0.25) is 0 Å². The van der Waals surface area contributed by atoms with Crippen LogP contribution in [-0.4, -0.2) is 36.6 Å². The maximum atomic E-state index is 12.8. The molecule has 1 aromatic rings. The zero-order valence-electron chi connectivity index (χ0n) is 18.7. The molecule has 3 heteroatoms. The van der Waals surface area contributed by atoms with Crippen molar-refractivity contribution < 1.29 is 9.53 Å². The van der Waals surface area contributed by atoms with Gasteiger partial charge in [-0.15, -0.1) is 0 Å². The van der Waals surface area contributed by atoms with E-state index in [-0.39, 0.29) is 22.8 Å². The normalized spacial score (nSPS) is 26.3. The third-order valence-electron chi connectivity index (χ3n) is 6.39. The number of benzene rings is 1. The zero-order valence-corrected chi connectivity index (χ0v) is 18.7.